The van der Waals surface area contributed by atoms with Crippen LogP contribution in [0.15, 0.2) is 47.1 Å². The molecular weight excluding hydrogens is 260 g/mol. The summed E-state index contributed by atoms with van der Waals surface area (Å²) in [6, 6.07) is 13.3. The second kappa shape index (κ2) is 6.46. The molecule has 1 aromatic carbocycles. The molecule has 1 aliphatic carbocycles. The topological polar surface area (TPSA) is 28.4 Å². The van der Waals surface area contributed by atoms with Crippen molar-refractivity contribution in [3.63, 3.8) is 0 Å². The van der Waals surface area contributed by atoms with Crippen LogP contribution in [-0.4, -0.2) is 25.5 Å². The summed E-state index contributed by atoms with van der Waals surface area (Å²) in [7, 11) is 4.17. The molecule has 112 valence electrons. The number of hydrogen-bond acceptors (Lipinski definition) is 3. The van der Waals surface area contributed by atoms with Crippen molar-refractivity contribution in [3.8, 4) is 0 Å². The maximum atomic E-state index is 5.53. The van der Waals surface area contributed by atoms with Gasteiger partial charge in [0.05, 0.1) is 12.3 Å². The highest BCUT2D eigenvalue weighted by Gasteiger charge is 2.22. The molecule has 0 spiro atoms. The summed E-state index contributed by atoms with van der Waals surface area (Å²) in [5.41, 5.74) is 2.84. The summed E-state index contributed by atoms with van der Waals surface area (Å²) in [6.07, 6.45) is 4.47. The molecule has 1 saturated carbocycles. The fourth-order valence-electron chi connectivity index (χ4n) is 2.70. The third kappa shape index (κ3) is 3.74. The van der Waals surface area contributed by atoms with Gasteiger partial charge in [0.2, 0.25) is 0 Å². The monoisotopic (exact) mass is 284 g/mol. The summed E-state index contributed by atoms with van der Waals surface area (Å²) < 4.78 is 5.53. The van der Waals surface area contributed by atoms with Crippen LogP contribution >= 0.6 is 0 Å². The van der Waals surface area contributed by atoms with E-state index in [1.54, 1.807) is 6.26 Å². The fourth-order valence-corrected chi connectivity index (χ4v) is 2.70. The minimum Gasteiger partial charge on any atom is -0.468 e. The number of rotatable bonds is 7. The SMILES string of the molecule is CN(C)C(CNCc1ccc(C2CC2)cc1)c1ccco1. The number of furan rings is 1. The highest BCUT2D eigenvalue weighted by molar-refractivity contribution is 5.28. The molecule has 0 amide bonds. The predicted molar refractivity (Wildman–Crippen MR) is 85.3 cm³/mol. The highest BCUT2D eigenvalue weighted by Crippen LogP contribution is 2.39. The molecule has 1 heterocycles. The summed E-state index contributed by atoms with van der Waals surface area (Å²) in [4.78, 5) is 2.18. The summed E-state index contributed by atoms with van der Waals surface area (Å²) in [5, 5.41) is 3.53. The van der Waals surface area contributed by atoms with Crippen LogP contribution in [0, 0.1) is 0 Å². The van der Waals surface area contributed by atoms with Crippen molar-refractivity contribution in [1.82, 2.24) is 10.2 Å². The molecule has 1 fully saturated rings. The summed E-state index contributed by atoms with van der Waals surface area (Å²) >= 11 is 0. The average Bonchev–Trinajstić information content (AvgIpc) is 3.20. The smallest absolute Gasteiger partial charge is 0.122 e. The highest BCUT2D eigenvalue weighted by atomic mass is 16.3. The van der Waals surface area contributed by atoms with Crippen molar-refractivity contribution in [2.45, 2.75) is 31.3 Å². The lowest BCUT2D eigenvalue weighted by Crippen LogP contribution is -2.30. The number of hydrogen-bond donors (Lipinski definition) is 1. The summed E-state index contributed by atoms with van der Waals surface area (Å²) in [6.45, 7) is 1.78. The third-order valence-electron chi connectivity index (χ3n) is 4.19. The zero-order valence-electron chi connectivity index (χ0n) is 12.9. The van der Waals surface area contributed by atoms with Crippen molar-refractivity contribution < 1.29 is 4.42 Å². The molecule has 3 heteroatoms. The minimum atomic E-state index is 0.269. The van der Waals surface area contributed by atoms with Gasteiger partial charge in [-0.3, -0.25) is 4.90 Å². The molecule has 1 atom stereocenters. The van der Waals surface area contributed by atoms with Gasteiger partial charge >= 0.3 is 0 Å². The second-order valence-corrected chi connectivity index (χ2v) is 6.14. The molecule has 1 aromatic heterocycles. The molecule has 0 bridgehead atoms. The Bertz CT molecular complexity index is 541. The number of nitrogens with zero attached hydrogens (tertiary/aromatic N) is 1. The average molecular weight is 284 g/mol. The van der Waals surface area contributed by atoms with E-state index in [2.05, 4.69) is 48.6 Å². The van der Waals surface area contributed by atoms with Crippen LogP contribution < -0.4 is 5.32 Å². The Morgan fingerprint density at radius 2 is 1.95 bits per heavy atom. The van der Waals surface area contributed by atoms with Crippen molar-refractivity contribution in [2.24, 2.45) is 0 Å². The van der Waals surface area contributed by atoms with Gasteiger partial charge in [-0.2, -0.15) is 0 Å². The van der Waals surface area contributed by atoms with E-state index in [0.717, 1.165) is 24.8 Å². The summed E-state index contributed by atoms with van der Waals surface area (Å²) in [5.74, 6) is 1.85. The van der Waals surface area contributed by atoms with Gasteiger partial charge < -0.3 is 9.73 Å². The van der Waals surface area contributed by atoms with Gasteiger partial charge in [-0.25, -0.2) is 0 Å². The lowest BCUT2D eigenvalue weighted by molar-refractivity contribution is 0.250. The van der Waals surface area contributed by atoms with Gasteiger partial charge in [0.15, 0.2) is 0 Å². The van der Waals surface area contributed by atoms with Crippen LogP contribution in [0.5, 0.6) is 0 Å². The molecule has 0 aliphatic heterocycles. The lowest BCUT2D eigenvalue weighted by atomic mass is 10.1. The van der Waals surface area contributed by atoms with Crippen LogP contribution in [0.1, 0.15) is 41.7 Å². The van der Waals surface area contributed by atoms with E-state index in [0.29, 0.717) is 0 Å². The van der Waals surface area contributed by atoms with Crippen LogP contribution in [0.3, 0.4) is 0 Å². The van der Waals surface area contributed by atoms with E-state index in [4.69, 9.17) is 4.42 Å². The Kier molecular flexibility index (Phi) is 4.42. The largest absolute Gasteiger partial charge is 0.468 e. The van der Waals surface area contributed by atoms with E-state index >= 15 is 0 Å². The fraction of sp³-hybridized carbons (Fsp3) is 0.444. The minimum absolute atomic E-state index is 0.269. The molecular formula is C18H24N2O. The first-order valence-electron chi connectivity index (χ1n) is 7.73. The van der Waals surface area contributed by atoms with Crippen LogP contribution in [0.2, 0.25) is 0 Å². The first-order chi connectivity index (χ1) is 10.2. The van der Waals surface area contributed by atoms with Crippen LogP contribution in [0.4, 0.5) is 0 Å². The molecule has 0 saturated heterocycles. The zero-order valence-corrected chi connectivity index (χ0v) is 12.9. The second-order valence-electron chi connectivity index (χ2n) is 6.14. The van der Waals surface area contributed by atoms with Gasteiger partial charge in [-0.1, -0.05) is 24.3 Å². The van der Waals surface area contributed by atoms with Gasteiger partial charge in [0.1, 0.15) is 5.76 Å². The maximum absolute atomic E-state index is 5.53. The third-order valence-corrected chi connectivity index (χ3v) is 4.19. The first-order valence-corrected chi connectivity index (χ1v) is 7.73. The van der Waals surface area contributed by atoms with Crippen LogP contribution in [-0.2, 0) is 6.54 Å². The number of likely N-dealkylation sites (N-methyl/N-ethyl adjacent to an activating group) is 1. The van der Waals surface area contributed by atoms with E-state index < -0.39 is 0 Å². The Morgan fingerprint density at radius 1 is 1.19 bits per heavy atom. The molecule has 1 unspecified atom stereocenters. The lowest BCUT2D eigenvalue weighted by Gasteiger charge is -2.22. The molecule has 3 rings (SSSR count). The molecule has 3 nitrogen and oxygen atoms in total. The van der Waals surface area contributed by atoms with E-state index in [1.807, 2.05) is 12.1 Å². The zero-order chi connectivity index (χ0) is 14.7. The Morgan fingerprint density at radius 3 is 2.52 bits per heavy atom. The Hall–Kier alpha value is -1.58. The quantitative estimate of drug-likeness (QED) is 0.843. The van der Waals surface area contributed by atoms with Gasteiger partial charge in [0.25, 0.3) is 0 Å². The normalized spacial score (nSPS) is 16.3. The van der Waals surface area contributed by atoms with Crippen LogP contribution in [0.25, 0.3) is 0 Å². The van der Waals surface area contributed by atoms with E-state index in [1.165, 1.54) is 24.0 Å². The molecule has 0 radical (unpaired) electrons. The molecule has 21 heavy (non-hydrogen) atoms. The first kappa shape index (κ1) is 14.4. The number of nitrogens with one attached hydrogen (secondary N) is 1. The van der Waals surface area contributed by atoms with Crippen molar-refractivity contribution in [1.29, 1.82) is 0 Å². The van der Waals surface area contributed by atoms with Crippen molar-refractivity contribution >= 4 is 0 Å². The number of benzene rings is 1. The maximum Gasteiger partial charge on any atom is 0.122 e. The molecule has 1 N–H and O–H groups in total. The van der Waals surface area contributed by atoms with Gasteiger partial charge in [-0.05, 0) is 56.1 Å². The van der Waals surface area contributed by atoms with Gasteiger partial charge in [0, 0.05) is 13.1 Å². The van der Waals surface area contributed by atoms with Crippen molar-refractivity contribution in [2.75, 3.05) is 20.6 Å². The standard InChI is InChI=1S/C18H24N2O/c1-20(2)17(18-4-3-11-21-18)13-19-12-14-5-7-15(8-6-14)16-9-10-16/h3-8,11,16-17,19H,9-10,12-13H2,1-2H3. The Labute approximate surface area is 127 Å². The van der Waals surface area contributed by atoms with Crippen molar-refractivity contribution in [3.05, 3.63) is 59.5 Å². The van der Waals surface area contributed by atoms with E-state index in [9.17, 15) is 0 Å². The molecule has 2 aromatic rings. The molecule has 1 aliphatic rings. The van der Waals surface area contributed by atoms with Gasteiger partial charge in [-0.15, -0.1) is 0 Å². The van der Waals surface area contributed by atoms with E-state index in [-0.39, 0.29) is 6.04 Å². The predicted octanol–water partition coefficient (Wildman–Crippen LogP) is 3.55. The Balaban J connectivity index is 1.52.